The molecule has 1 saturated carbocycles. The number of hydrogen-bond donors (Lipinski definition) is 1. The monoisotopic (exact) mass is 244 g/mol. The van der Waals surface area contributed by atoms with Crippen molar-refractivity contribution in [2.24, 2.45) is 5.92 Å². The molecule has 1 aromatic rings. The van der Waals surface area contributed by atoms with E-state index in [0.29, 0.717) is 0 Å². The number of rotatable bonds is 4. The Hall–Kier alpha value is -1.02. The lowest BCUT2D eigenvalue weighted by molar-refractivity contribution is 0.419. The van der Waals surface area contributed by atoms with Gasteiger partial charge in [0.05, 0.1) is 0 Å². The molecule has 0 unspecified atom stereocenters. The van der Waals surface area contributed by atoms with Crippen LogP contribution in [0.15, 0.2) is 24.3 Å². The van der Waals surface area contributed by atoms with E-state index in [1.807, 2.05) is 0 Å². The fraction of sp³-hybridized carbons (Fsp3) is 0.625. The van der Waals surface area contributed by atoms with Crippen molar-refractivity contribution in [2.45, 2.75) is 31.6 Å². The second-order valence-electron chi connectivity index (χ2n) is 5.85. The number of benzene rings is 1. The highest BCUT2D eigenvalue weighted by atomic mass is 15.2. The molecule has 1 N–H and O–H groups in total. The average Bonchev–Trinajstić information content (AvgIpc) is 2.77. The molecule has 3 rings (SSSR count). The van der Waals surface area contributed by atoms with Gasteiger partial charge < -0.3 is 10.2 Å². The number of nitrogens with zero attached hydrogens (tertiary/aromatic N) is 1. The van der Waals surface area contributed by atoms with E-state index in [1.54, 1.807) is 5.56 Å². The van der Waals surface area contributed by atoms with Crippen molar-refractivity contribution >= 4 is 5.69 Å². The first kappa shape index (κ1) is 12.0. The quantitative estimate of drug-likeness (QED) is 0.876. The van der Waals surface area contributed by atoms with Crippen LogP contribution < -0.4 is 10.2 Å². The van der Waals surface area contributed by atoms with Gasteiger partial charge in [0.2, 0.25) is 0 Å². The summed E-state index contributed by atoms with van der Waals surface area (Å²) in [5, 5.41) is 3.31. The topological polar surface area (TPSA) is 15.3 Å². The van der Waals surface area contributed by atoms with Crippen molar-refractivity contribution in [1.82, 2.24) is 5.32 Å². The third-order valence-electron chi connectivity index (χ3n) is 4.60. The van der Waals surface area contributed by atoms with Gasteiger partial charge in [-0.05, 0) is 56.3 Å². The molecule has 2 aliphatic rings. The van der Waals surface area contributed by atoms with Crippen molar-refractivity contribution in [3.8, 4) is 0 Å². The number of hydrogen-bond acceptors (Lipinski definition) is 2. The van der Waals surface area contributed by atoms with Gasteiger partial charge in [-0.15, -0.1) is 0 Å². The summed E-state index contributed by atoms with van der Waals surface area (Å²) >= 11 is 0. The fourth-order valence-corrected chi connectivity index (χ4v) is 3.35. The smallest absolute Gasteiger partial charge is 0.0401 e. The molecule has 1 atom stereocenters. The SMILES string of the molecule is CNC[C@@H]1CCN(c2ccccc2C2CCC2)C1. The minimum absolute atomic E-state index is 0.824. The van der Waals surface area contributed by atoms with Crippen molar-refractivity contribution in [1.29, 1.82) is 0 Å². The van der Waals surface area contributed by atoms with E-state index in [9.17, 15) is 0 Å². The molecule has 2 heteroatoms. The van der Waals surface area contributed by atoms with Crippen molar-refractivity contribution in [3.63, 3.8) is 0 Å². The molecular weight excluding hydrogens is 220 g/mol. The lowest BCUT2D eigenvalue weighted by Crippen LogP contribution is -2.25. The molecule has 0 radical (unpaired) electrons. The van der Waals surface area contributed by atoms with Gasteiger partial charge in [-0.25, -0.2) is 0 Å². The van der Waals surface area contributed by atoms with Crippen LogP contribution in [0.1, 0.15) is 37.2 Å². The maximum Gasteiger partial charge on any atom is 0.0401 e. The van der Waals surface area contributed by atoms with Crippen molar-refractivity contribution in [2.75, 3.05) is 31.6 Å². The zero-order chi connectivity index (χ0) is 12.4. The number of anilines is 1. The van der Waals surface area contributed by atoms with Crippen molar-refractivity contribution < 1.29 is 0 Å². The Morgan fingerprint density at radius 2 is 2.06 bits per heavy atom. The van der Waals surface area contributed by atoms with Crippen LogP contribution in [0.5, 0.6) is 0 Å². The van der Waals surface area contributed by atoms with E-state index >= 15 is 0 Å². The van der Waals surface area contributed by atoms with Gasteiger partial charge >= 0.3 is 0 Å². The predicted molar refractivity (Wildman–Crippen MR) is 77.3 cm³/mol. The Labute approximate surface area is 110 Å². The molecule has 0 spiro atoms. The first-order valence-corrected chi connectivity index (χ1v) is 7.37. The number of para-hydroxylation sites is 1. The van der Waals surface area contributed by atoms with Crippen LogP contribution in [0.2, 0.25) is 0 Å². The second-order valence-corrected chi connectivity index (χ2v) is 5.85. The first-order valence-electron chi connectivity index (χ1n) is 7.37. The van der Waals surface area contributed by atoms with Crippen LogP contribution in [-0.2, 0) is 0 Å². The van der Waals surface area contributed by atoms with Crippen molar-refractivity contribution in [3.05, 3.63) is 29.8 Å². The Morgan fingerprint density at radius 3 is 2.78 bits per heavy atom. The predicted octanol–water partition coefficient (Wildman–Crippen LogP) is 3.00. The Bertz CT molecular complexity index is 398. The van der Waals surface area contributed by atoms with E-state index in [2.05, 4.69) is 41.5 Å². The summed E-state index contributed by atoms with van der Waals surface area (Å²) in [7, 11) is 2.06. The van der Waals surface area contributed by atoms with E-state index in [-0.39, 0.29) is 0 Å². The molecule has 1 aliphatic heterocycles. The fourth-order valence-electron chi connectivity index (χ4n) is 3.35. The molecule has 0 amide bonds. The Kier molecular flexibility index (Phi) is 3.55. The molecule has 0 bridgehead atoms. The Balaban J connectivity index is 1.75. The lowest BCUT2D eigenvalue weighted by Gasteiger charge is -2.31. The lowest BCUT2D eigenvalue weighted by atomic mass is 9.79. The van der Waals surface area contributed by atoms with Crippen LogP contribution in [0, 0.1) is 5.92 Å². The van der Waals surface area contributed by atoms with Crippen LogP contribution >= 0.6 is 0 Å². The van der Waals surface area contributed by atoms with Gasteiger partial charge in [0.25, 0.3) is 0 Å². The number of nitrogens with one attached hydrogen (secondary N) is 1. The highest BCUT2D eigenvalue weighted by molar-refractivity contribution is 5.56. The third kappa shape index (κ3) is 2.26. The van der Waals surface area contributed by atoms with Gasteiger partial charge in [-0.3, -0.25) is 0 Å². The van der Waals surface area contributed by atoms with Gasteiger partial charge in [-0.2, -0.15) is 0 Å². The third-order valence-corrected chi connectivity index (χ3v) is 4.60. The first-order chi connectivity index (χ1) is 8.88. The summed E-state index contributed by atoms with van der Waals surface area (Å²) in [5.74, 6) is 1.66. The molecule has 2 fully saturated rings. The molecule has 18 heavy (non-hydrogen) atoms. The average molecular weight is 244 g/mol. The molecular formula is C16H24N2. The standard InChI is InChI=1S/C16H24N2/c1-17-11-13-9-10-18(12-13)16-8-3-2-7-15(16)14-5-4-6-14/h2-3,7-8,13-14,17H,4-6,9-12H2,1H3/t13-/m0/s1. The summed E-state index contributed by atoms with van der Waals surface area (Å²) in [5.41, 5.74) is 3.12. The summed E-state index contributed by atoms with van der Waals surface area (Å²) in [6.45, 7) is 3.61. The van der Waals surface area contributed by atoms with E-state index in [4.69, 9.17) is 0 Å². The van der Waals surface area contributed by atoms with E-state index < -0.39 is 0 Å². The zero-order valence-electron chi connectivity index (χ0n) is 11.4. The maximum atomic E-state index is 3.31. The molecule has 0 aromatic heterocycles. The molecule has 2 nitrogen and oxygen atoms in total. The minimum Gasteiger partial charge on any atom is -0.371 e. The minimum atomic E-state index is 0.824. The maximum absolute atomic E-state index is 3.31. The van der Waals surface area contributed by atoms with Gasteiger partial charge in [0.15, 0.2) is 0 Å². The van der Waals surface area contributed by atoms with Crippen LogP contribution in [0.3, 0.4) is 0 Å². The largest absolute Gasteiger partial charge is 0.371 e. The van der Waals surface area contributed by atoms with Gasteiger partial charge in [0, 0.05) is 18.8 Å². The van der Waals surface area contributed by atoms with Crippen LogP contribution in [-0.4, -0.2) is 26.7 Å². The summed E-state index contributed by atoms with van der Waals surface area (Å²) in [6, 6.07) is 9.08. The zero-order valence-corrected chi connectivity index (χ0v) is 11.4. The summed E-state index contributed by atoms with van der Waals surface area (Å²) < 4.78 is 0. The van der Waals surface area contributed by atoms with Crippen LogP contribution in [0.25, 0.3) is 0 Å². The van der Waals surface area contributed by atoms with E-state index in [0.717, 1.165) is 18.4 Å². The molecule has 1 heterocycles. The summed E-state index contributed by atoms with van der Waals surface area (Å²) in [6.07, 6.45) is 5.54. The van der Waals surface area contributed by atoms with E-state index in [1.165, 1.54) is 44.5 Å². The molecule has 1 aromatic carbocycles. The normalized spacial score (nSPS) is 24.3. The molecule has 1 saturated heterocycles. The highest BCUT2D eigenvalue weighted by Crippen LogP contribution is 2.41. The van der Waals surface area contributed by atoms with Crippen LogP contribution in [0.4, 0.5) is 5.69 Å². The molecule has 1 aliphatic carbocycles. The van der Waals surface area contributed by atoms with Gasteiger partial charge in [0.1, 0.15) is 0 Å². The highest BCUT2D eigenvalue weighted by Gasteiger charge is 2.27. The molecule has 98 valence electrons. The van der Waals surface area contributed by atoms with Gasteiger partial charge in [-0.1, -0.05) is 24.6 Å². The summed E-state index contributed by atoms with van der Waals surface area (Å²) in [4.78, 5) is 2.61. The Morgan fingerprint density at radius 1 is 1.22 bits per heavy atom. The second kappa shape index (κ2) is 5.31.